The van der Waals surface area contributed by atoms with Gasteiger partial charge in [-0.25, -0.2) is 4.79 Å². The van der Waals surface area contributed by atoms with Gasteiger partial charge in [0.15, 0.2) is 0 Å². The second kappa shape index (κ2) is 4.56. The van der Waals surface area contributed by atoms with Gasteiger partial charge in [-0.2, -0.15) is 0 Å². The highest BCUT2D eigenvalue weighted by Gasteiger charge is 2.44. The smallest absolute Gasteiger partial charge is 0.407 e. The van der Waals surface area contributed by atoms with Crippen LogP contribution in [0.5, 0.6) is 0 Å². The van der Waals surface area contributed by atoms with Crippen molar-refractivity contribution < 1.29 is 9.53 Å². The van der Waals surface area contributed by atoms with Crippen molar-refractivity contribution in [3.8, 4) is 0 Å². The number of alkyl carbamates (subject to hydrolysis) is 1. The highest BCUT2D eigenvalue weighted by molar-refractivity contribution is 5.67. The van der Waals surface area contributed by atoms with E-state index in [2.05, 4.69) is 17.4 Å². The molecule has 0 aromatic heterocycles. The van der Waals surface area contributed by atoms with E-state index in [-0.39, 0.29) is 11.5 Å². The van der Waals surface area contributed by atoms with Gasteiger partial charge in [-0.3, -0.25) is 0 Å². The Bertz CT molecular complexity index is 357. The van der Waals surface area contributed by atoms with Gasteiger partial charge in [-0.15, -0.1) is 0 Å². The van der Waals surface area contributed by atoms with Crippen LogP contribution >= 0.6 is 0 Å². The molecule has 2 rings (SSSR count). The summed E-state index contributed by atoms with van der Waals surface area (Å²) in [5.41, 5.74) is 1.47. The van der Waals surface area contributed by atoms with Crippen molar-refractivity contribution in [2.24, 2.45) is 0 Å². The van der Waals surface area contributed by atoms with Crippen molar-refractivity contribution in [2.45, 2.75) is 25.2 Å². The number of rotatable bonds is 4. The molecule has 1 N–H and O–H groups in total. The predicted molar refractivity (Wildman–Crippen MR) is 62.4 cm³/mol. The summed E-state index contributed by atoms with van der Waals surface area (Å²) >= 11 is 0. The van der Waals surface area contributed by atoms with Gasteiger partial charge >= 0.3 is 6.09 Å². The van der Waals surface area contributed by atoms with Crippen LogP contribution in [0.15, 0.2) is 30.3 Å². The van der Waals surface area contributed by atoms with Crippen molar-refractivity contribution >= 4 is 6.09 Å². The standard InChI is InChI=1S/C13H17NO2/c1-2-16-12(15)14-10-13(8-9-13)11-6-4-3-5-7-11/h3-7H,2,8-10H2,1H3,(H,14,15). The summed E-state index contributed by atoms with van der Waals surface area (Å²) in [4.78, 5) is 11.2. The van der Waals surface area contributed by atoms with E-state index in [9.17, 15) is 4.79 Å². The fraction of sp³-hybridized carbons (Fsp3) is 0.462. The van der Waals surface area contributed by atoms with Gasteiger partial charge in [0.1, 0.15) is 0 Å². The molecule has 16 heavy (non-hydrogen) atoms. The van der Waals surface area contributed by atoms with Gasteiger partial charge in [0.05, 0.1) is 6.61 Å². The van der Waals surface area contributed by atoms with Crippen LogP contribution in [0.3, 0.4) is 0 Å². The van der Waals surface area contributed by atoms with Crippen LogP contribution in [-0.4, -0.2) is 19.2 Å². The molecule has 0 bridgehead atoms. The van der Waals surface area contributed by atoms with Gasteiger partial charge in [-0.05, 0) is 25.3 Å². The molecule has 1 fully saturated rings. The Morgan fingerprint density at radius 1 is 1.38 bits per heavy atom. The van der Waals surface area contributed by atoms with Crippen LogP contribution in [0.25, 0.3) is 0 Å². The maximum Gasteiger partial charge on any atom is 0.407 e. The zero-order valence-corrected chi connectivity index (χ0v) is 9.53. The average molecular weight is 219 g/mol. The lowest BCUT2D eigenvalue weighted by Crippen LogP contribution is -2.32. The third-order valence-electron chi connectivity index (χ3n) is 3.09. The summed E-state index contributed by atoms with van der Waals surface area (Å²) in [6.07, 6.45) is 1.97. The molecular weight excluding hydrogens is 202 g/mol. The van der Waals surface area contributed by atoms with Crippen molar-refractivity contribution in [1.82, 2.24) is 5.32 Å². The Labute approximate surface area is 95.8 Å². The number of ether oxygens (including phenoxy) is 1. The molecule has 1 aliphatic carbocycles. The zero-order valence-electron chi connectivity index (χ0n) is 9.53. The molecule has 0 atom stereocenters. The second-order valence-electron chi connectivity index (χ2n) is 4.22. The third kappa shape index (κ3) is 2.35. The van der Waals surface area contributed by atoms with Gasteiger partial charge < -0.3 is 10.1 Å². The highest BCUT2D eigenvalue weighted by Crippen LogP contribution is 2.47. The lowest BCUT2D eigenvalue weighted by molar-refractivity contribution is 0.151. The van der Waals surface area contributed by atoms with Gasteiger partial charge in [0.25, 0.3) is 0 Å². The fourth-order valence-corrected chi connectivity index (χ4v) is 1.93. The Balaban J connectivity index is 1.92. The largest absolute Gasteiger partial charge is 0.450 e. The summed E-state index contributed by atoms with van der Waals surface area (Å²) in [6.45, 7) is 2.91. The van der Waals surface area contributed by atoms with Crippen LogP contribution in [0.2, 0.25) is 0 Å². The van der Waals surface area contributed by atoms with Gasteiger partial charge in [0.2, 0.25) is 0 Å². The van der Waals surface area contributed by atoms with E-state index >= 15 is 0 Å². The quantitative estimate of drug-likeness (QED) is 0.844. The minimum Gasteiger partial charge on any atom is -0.450 e. The molecule has 1 aromatic carbocycles. The molecule has 1 saturated carbocycles. The van der Waals surface area contributed by atoms with Crippen molar-refractivity contribution in [1.29, 1.82) is 0 Å². The van der Waals surface area contributed by atoms with Crippen LogP contribution in [0, 0.1) is 0 Å². The molecule has 0 heterocycles. The average Bonchev–Trinajstić information content (AvgIpc) is 3.09. The number of benzene rings is 1. The first kappa shape index (κ1) is 11.0. The molecule has 0 radical (unpaired) electrons. The molecule has 0 unspecified atom stereocenters. The van der Waals surface area contributed by atoms with Crippen LogP contribution in [-0.2, 0) is 10.2 Å². The van der Waals surface area contributed by atoms with Crippen LogP contribution in [0.1, 0.15) is 25.3 Å². The maximum absolute atomic E-state index is 11.2. The molecule has 3 nitrogen and oxygen atoms in total. The Morgan fingerprint density at radius 2 is 2.06 bits per heavy atom. The molecule has 0 saturated heterocycles. The normalized spacial score (nSPS) is 16.6. The maximum atomic E-state index is 11.2. The first-order chi connectivity index (χ1) is 7.77. The van der Waals surface area contributed by atoms with E-state index in [1.165, 1.54) is 5.56 Å². The number of amides is 1. The molecule has 0 spiro atoms. The summed E-state index contributed by atoms with van der Waals surface area (Å²) in [5.74, 6) is 0. The highest BCUT2D eigenvalue weighted by atomic mass is 16.5. The van der Waals surface area contributed by atoms with E-state index in [1.807, 2.05) is 25.1 Å². The van der Waals surface area contributed by atoms with Crippen molar-refractivity contribution in [3.05, 3.63) is 35.9 Å². The number of hydrogen-bond acceptors (Lipinski definition) is 2. The van der Waals surface area contributed by atoms with E-state index in [4.69, 9.17) is 4.74 Å². The molecule has 3 heteroatoms. The number of carbonyl (C=O) groups excluding carboxylic acids is 1. The molecule has 1 amide bonds. The topological polar surface area (TPSA) is 38.3 Å². The van der Waals surface area contributed by atoms with Crippen LogP contribution < -0.4 is 5.32 Å². The van der Waals surface area contributed by atoms with Crippen molar-refractivity contribution in [2.75, 3.05) is 13.2 Å². The third-order valence-corrected chi connectivity index (χ3v) is 3.09. The second-order valence-corrected chi connectivity index (χ2v) is 4.22. The van der Waals surface area contributed by atoms with E-state index in [0.29, 0.717) is 13.2 Å². The van der Waals surface area contributed by atoms with E-state index in [0.717, 1.165) is 12.8 Å². The van der Waals surface area contributed by atoms with Crippen molar-refractivity contribution in [3.63, 3.8) is 0 Å². The number of carbonyl (C=O) groups is 1. The lowest BCUT2D eigenvalue weighted by Gasteiger charge is -2.16. The zero-order chi connectivity index (χ0) is 11.4. The summed E-state index contributed by atoms with van der Waals surface area (Å²) in [7, 11) is 0. The Morgan fingerprint density at radius 3 is 2.62 bits per heavy atom. The van der Waals surface area contributed by atoms with E-state index in [1.54, 1.807) is 0 Å². The fourth-order valence-electron chi connectivity index (χ4n) is 1.93. The molecule has 1 aliphatic rings. The molecular formula is C13H17NO2. The summed E-state index contributed by atoms with van der Waals surface area (Å²) in [6, 6.07) is 10.3. The first-order valence-corrected chi connectivity index (χ1v) is 5.73. The minimum atomic E-state index is -0.315. The first-order valence-electron chi connectivity index (χ1n) is 5.73. The SMILES string of the molecule is CCOC(=O)NCC1(c2ccccc2)CC1. The van der Waals surface area contributed by atoms with Crippen LogP contribution in [0.4, 0.5) is 4.79 Å². The van der Waals surface area contributed by atoms with Gasteiger partial charge in [0, 0.05) is 12.0 Å². The number of nitrogens with one attached hydrogen (secondary N) is 1. The lowest BCUT2D eigenvalue weighted by atomic mass is 9.96. The molecule has 0 aliphatic heterocycles. The summed E-state index contributed by atoms with van der Waals surface area (Å²) in [5, 5.41) is 2.82. The Hall–Kier alpha value is -1.51. The molecule has 86 valence electrons. The Kier molecular flexibility index (Phi) is 3.13. The number of hydrogen-bond donors (Lipinski definition) is 1. The summed E-state index contributed by atoms with van der Waals surface area (Å²) < 4.78 is 4.85. The predicted octanol–water partition coefficient (Wildman–Crippen LogP) is 2.46. The van der Waals surface area contributed by atoms with E-state index < -0.39 is 0 Å². The molecule has 1 aromatic rings. The van der Waals surface area contributed by atoms with Gasteiger partial charge in [-0.1, -0.05) is 30.3 Å². The monoisotopic (exact) mass is 219 g/mol. The minimum absolute atomic E-state index is 0.161.